The first-order valence-corrected chi connectivity index (χ1v) is 8.63. The van der Waals surface area contributed by atoms with E-state index in [1.165, 1.54) is 42.5 Å². The largest absolute Gasteiger partial charge is 0.405 e. The second kappa shape index (κ2) is 8.71. The number of hydrogen-bond acceptors (Lipinski definition) is 1. The molecule has 0 saturated heterocycles. The van der Waals surface area contributed by atoms with Crippen molar-refractivity contribution in [2.75, 3.05) is 6.54 Å². The molecule has 0 aliphatic heterocycles. The van der Waals surface area contributed by atoms with Crippen molar-refractivity contribution in [3.8, 4) is 0 Å². The first-order valence-electron chi connectivity index (χ1n) is 8.63. The van der Waals surface area contributed by atoms with Gasteiger partial charge >= 0.3 is 12.4 Å². The van der Waals surface area contributed by atoms with Gasteiger partial charge in [-0.05, 0) is 37.1 Å². The summed E-state index contributed by atoms with van der Waals surface area (Å²) in [4.78, 5) is 11.7. The van der Waals surface area contributed by atoms with Crippen LogP contribution in [0, 0.1) is 13.8 Å². The highest BCUT2D eigenvalue weighted by Gasteiger charge is 2.39. The van der Waals surface area contributed by atoms with E-state index in [0.29, 0.717) is 5.56 Å². The van der Waals surface area contributed by atoms with Gasteiger partial charge in [-0.1, -0.05) is 53.6 Å². The topological polar surface area (TPSA) is 29.1 Å². The number of allylic oxidation sites excluding steroid dienone is 1. The van der Waals surface area contributed by atoms with Crippen LogP contribution in [0.3, 0.4) is 0 Å². The van der Waals surface area contributed by atoms with Gasteiger partial charge in [-0.15, -0.1) is 0 Å². The van der Waals surface area contributed by atoms with Crippen molar-refractivity contribution in [1.29, 1.82) is 0 Å². The average molecular weight is 415 g/mol. The summed E-state index contributed by atoms with van der Waals surface area (Å²) in [5, 5.41) is 1.73. The molecule has 0 radical (unpaired) electrons. The number of nitrogens with one attached hydrogen (secondary N) is 1. The van der Waals surface area contributed by atoms with Crippen molar-refractivity contribution in [3.05, 3.63) is 76.4 Å². The van der Waals surface area contributed by atoms with E-state index < -0.39 is 30.7 Å². The van der Waals surface area contributed by atoms with Gasteiger partial charge in [-0.25, -0.2) is 0 Å². The third-order valence-electron chi connectivity index (χ3n) is 4.06. The van der Waals surface area contributed by atoms with Crippen LogP contribution >= 0.6 is 0 Å². The van der Waals surface area contributed by atoms with Crippen LogP contribution in [0.25, 0.3) is 6.08 Å². The van der Waals surface area contributed by atoms with Gasteiger partial charge in [0.2, 0.25) is 0 Å². The molecule has 0 bridgehead atoms. The van der Waals surface area contributed by atoms with Gasteiger partial charge < -0.3 is 5.32 Å². The van der Waals surface area contributed by atoms with E-state index in [2.05, 4.69) is 0 Å². The monoisotopic (exact) mass is 415 g/mol. The number of carbonyl (C=O) groups excluding carboxylic acids is 1. The van der Waals surface area contributed by atoms with E-state index >= 15 is 0 Å². The molecule has 2 nitrogen and oxygen atoms in total. The molecule has 156 valence electrons. The average Bonchev–Trinajstić information content (AvgIpc) is 2.58. The zero-order chi connectivity index (χ0) is 21.8. The number of carbonyl (C=O) groups is 1. The summed E-state index contributed by atoms with van der Waals surface area (Å²) in [6, 6.07) is 9.98. The van der Waals surface area contributed by atoms with Crippen LogP contribution in [0.2, 0.25) is 0 Å². The molecule has 2 rings (SSSR count). The summed E-state index contributed by atoms with van der Waals surface area (Å²) in [6.07, 6.45) is -6.73. The summed E-state index contributed by atoms with van der Waals surface area (Å²) in [6.45, 7) is 1.98. The van der Waals surface area contributed by atoms with Crippen molar-refractivity contribution in [2.45, 2.75) is 32.1 Å². The van der Waals surface area contributed by atoms with E-state index in [0.717, 1.165) is 17.2 Å². The fourth-order valence-corrected chi connectivity index (χ4v) is 2.83. The maximum atomic E-state index is 13.5. The van der Waals surface area contributed by atoms with E-state index in [9.17, 15) is 31.1 Å². The number of halogens is 6. The Balaban J connectivity index is 2.18. The second-order valence-corrected chi connectivity index (χ2v) is 6.72. The Morgan fingerprint density at radius 1 is 0.966 bits per heavy atom. The Hall–Kier alpha value is -2.77. The van der Waals surface area contributed by atoms with Crippen LogP contribution in [0.1, 0.15) is 38.5 Å². The highest BCUT2D eigenvalue weighted by Crippen LogP contribution is 2.37. The summed E-state index contributed by atoms with van der Waals surface area (Å²) >= 11 is 0. The summed E-state index contributed by atoms with van der Waals surface area (Å²) in [5.41, 5.74) is 1.92. The third-order valence-corrected chi connectivity index (χ3v) is 4.06. The molecule has 2 aromatic rings. The molecule has 8 heteroatoms. The van der Waals surface area contributed by atoms with Crippen molar-refractivity contribution < 1.29 is 31.1 Å². The Bertz CT molecular complexity index is 861. The maximum Gasteiger partial charge on any atom is 0.405 e. The highest BCUT2D eigenvalue weighted by molar-refractivity contribution is 5.94. The molecule has 1 N–H and O–H groups in total. The van der Waals surface area contributed by atoms with Crippen molar-refractivity contribution in [1.82, 2.24) is 5.32 Å². The maximum absolute atomic E-state index is 13.5. The normalized spacial score (nSPS) is 13.5. The molecule has 1 unspecified atom stereocenters. The number of aryl methyl sites for hydroxylation is 2. The zero-order valence-electron chi connectivity index (χ0n) is 15.7. The zero-order valence-corrected chi connectivity index (χ0v) is 15.7. The van der Waals surface area contributed by atoms with E-state index in [1.54, 1.807) is 25.2 Å². The fourth-order valence-electron chi connectivity index (χ4n) is 2.83. The first-order chi connectivity index (χ1) is 13.3. The van der Waals surface area contributed by atoms with Gasteiger partial charge in [0.05, 0.1) is 5.92 Å². The number of rotatable bonds is 5. The van der Waals surface area contributed by atoms with Gasteiger partial charge in [0.25, 0.3) is 5.91 Å². The molecule has 0 saturated carbocycles. The minimum Gasteiger partial charge on any atom is -0.343 e. The quantitative estimate of drug-likeness (QED) is 0.601. The van der Waals surface area contributed by atoms with Gasteiger partial charge in [0, 0.05) is 5.56 Å². The lowest BCUT2D eigenvalue weighted by Crippen LogP contribution is -2.33. The Kier molecular flexibility index (Phi) is 6.77. The molecule has 0 aromatic heterocycles. The number of amides is 1. The van der Waals surface area contributed by atoms with Crippen molar-refractivity contribution >= 4 is 12.0 Å². The van der Waals surface area contributed by atoms with E-state index in [4.69, 9.17) is 0 Å². The molecule has 0 fully saturated rings. The molecule has 1 atom stereocenters. The smallest absolute Gasteiger partial charge is 0.343 e. The summed E-state index contributed by atoms with van der Waals surface area (Å²) in [5.74, 6) is -2.72. The number of hydrogen-bond donors (Lipinski definition) is 1. The molecule has 0 heterocycles. The minimum absolute atomic E-state index is 0.0203. The SMILES string of the molecule is Cc1cc(C)cc(C(/C=C/c2ccc(C(=O)NCC(F)(F)F)cc2)C(F)(F)F)c1. The van der Waals surface area contributed by atoms with Crippen LogP contribution in [0.5, 0.6) is 0 Å². The lowest BCUT2D eigenvalue weighted by molar-refractivity contribution is -0.139. The molecule has 0 aliphatic carbocycles. The fraction of sp³-hybridized carbons (Fsp3) is 0.286. The second-order valence-electron chi connectivity index (χ2n) is 6.72. The van der Waals surface area contributed by atoms with Crippen LogP contribution in [-0.4, -0.2) is 24.8 Å². The molecule has 0 aliphatic rings. The van der Waals surface area contributed by atoms with Crippen molar-refractivity contribution in [2.24, 2.45) is 0 Å². The highest BCUT2D eigenvalue weighted by atomic mass is 19.4. The van der Waals surface area contributed by atoms with Gasteiger partial charge in [-0.2, -0.15) is 26.3 Å². The van der Waals surface area contributed by atoms with Gasteiger partial charge in [0.15, 0.2) is 0 Å². The number of benzene rings is 2. The lowest BCUT2D eigenvalue weighted by Gasteiger charge is -2.18. The minimum atomic E-state index is -4.53. The molecule has 29 heavy (non-hydrogen) atoms. The Morgan fingerprint density at radius 3 is 2.00 bits per heavy atom. The Morgan fingerprint density at radius 2 is 1.52 bits per heavy atom. The molecule has 1 amide bonds. The number of alkyl halides is 6. The van der Waals surface area contributed by atoms with Gasteiger partial charge in [-0.3, -0.25) is 4.79 Å². The molecular formula is C21H19F6NO. The van der Waals surface area contributed by atoms with Crippen LogP contribution in [-0.2, 0) is 0 Å². The van der Waals surface area contributed by atoms with Crippen LogP contribution < -0.4 is 5.32 Å². The lowest BCUT2D eigenvalue weighted by atomic mass is 9.94. The Labute approximate surface area is 164 Å². The third kappa shape index (κ3) is 6.96. The standard InChI is InChI=1S/C21H19F6NO/c1-13-9-14(2)11-17(10-13)18(21(25,26)27)8-5-15-3-6-16(7-4-15)19(29)28-12-20(22,23)24/h3-11,18H,12H2,1-2H3,(H,28,29)/b8-5+. The first kappa shape index (κ1) is 22.5. The molecule has 2 aromatic carbocycles. The van der Waals surface area contributed by atoms with Crippen LogP contribution in [0.15, 0.2) is 48.5 Å². The predicted molar refractivity (Wildman–Crippen MR) is 98.6 cm³/mol. The summed E-state index contributed by atoms with van der Waals surface area (Å²) < 4.78 is 77.0. The van der Waals surface area contributed by atoms with E-state index in [-0.39, 0.29) is 11.1 Å². The van der Waals surface area contributed by atoms with Crippen molar-refractivity contribution in [3.63, 3.8) is 0 Å². The van der Waals surface area contributed by atoms with E-state index in [1.807, 2.05) is 0 Å². The van der Waals surface area contributed by atoms with Crippen LogP contribution in [0.4, 0.5) is 26.3 Å². The molecule has 0 spiro atoms. The van der Waals surface area contributed by atoms with Gasteiger partial charge in [0.1, 0.15) is 6.54 Å². The predicted octanol–water partition coefficient (Wildman–Crippen LogP) is 5.95. The summed E-state index contributed by atoms with van der Waals surface area (Å²) in [7, 11) is 0. The molecular weight excluding hydrogens is 396 g/mol.